The molecule has 2 aliphatic rings. The lowest BCUT2D eigenvalue weighted by molar-refractivity contribution is -0.385. The van der Waals surface area contributed by atoms with Gasteiger partial charge in [0, 0.05) is 30.2 Å². The number of aliphatic hydroxyl groups is 1. The number of carbonyl (C=O) groups excluding carboxylic acids is 3. The van der Waals surface area contributed by atoms with Crippen LogP contribution in [0.5, 0.6) is 0 Å². The van der Waals surface area contributed by atoms with Crippen molar-refractivity contribution in [1.29, 1.82) is 0 Å². The topological polar surface area (TPSA) is 170 Å². The maximum absolute atomic E-state index is 13.1. The van der Waals surface area contributed by atoms with Gasteiger partial charge in [0.2, 0.25) is 5.91 Å². The van der Waals surface area contributed by atoms with Gasteiger partial charge in [-0.05, 0) is 42.3 Å². The number of non-ortho nitro benzene ring substituents is 2. The van der Waals surface area contributed by atoms with E-state index in [-0.39, 0.29) is 22.6 Å². The number of fused-ring (bicyclic) bond motifs is 1. The molecule has 1 saturated heterocycles. The molecule has 12 nitrogen and oxygen atoms in total. The average molecular weight is 481 g/mol. The molecule has 0 radical (unpaired) electrons. The first-order valence-electron chi connectivity index (χ1n) is 10.5. The van der Waals surface area contributed by atoms with Crippen LogP contribution in [0.15, 0.2) is 54.2 Å². The van der Waals surface area contributed by atoms with E-state index in [1.807, 2.05) is 0 Å². The molecule has 0 saturated carbocycles. The molecule has 35 heavy (non-hydrogen) atoms. The summed E-state index contributed by atoms with van der Waals surface area (Å²) in [6.07, 6.45) is -0.985. The van der Waals surface area contributed by atoms with Crippen LogP contribution in [-0.4, -0.2) is 49.8 Å². The predicted molar refractivity (Wildman–Crippen MR) is 119 cm³/mol. The van der Waals surface area contributed by atoms with Crippen LogP contribution < -0.4 is 0 Å². The second-order valence-corrected chi connectivity index (χ2v) is 8.30. The van der Waals surface area contributed by atoms with Crippen LogP contribution >= 0.6 is 0 Å². The number of hydrogen-bond donors (Lipinski definition) is 1. The molecule has 4 rings (SSSR count). The van der Waals surface area contributed by atoms with Gasteiger partial charge in [-0.15, -0.1) is 0 Å². The zero-order valence-electron chi connectivity index (χ0n) is 18.5. The van der Waals surface area contributed by atoms with Gasteiger partial charge in [0.25, 0.3) is 11.4 Å². The highest BCUT2D eigenvalue weighted by molar-refractivity contribution is 6.11. The molecule has 1 fully saturated rings. The third kappa shape index (κ3) is 3.93. The number of β-lactam (4-membered cyclic amide) rings is 1. The quantitative estimate of drug-likeness (QED) is 0.214. The number of benzene rings is 2. The van der Waals surface area contributed by atoms with Crippen LogP contribution in [0.1, 0.15) is 29.8 Å². The molecule has 1 N–H and O–H groups in total. The Kier molecular flexibility index (Phi) is 5.91. The summed E-state index contributed by atoms with van der Waals surface area (Å²) in [5, 5.41) is 31.9. The molecule has 4 atom stereocenters. The smallest absolute Gasteiger partial charge is 0.363 e. The minimum Gasteiger partial charge on any atom is -0.393 e. The number of nitro groups is 2. The van der Waals surface area contributed by atoms with Crippen molar-refractivity contribution in [2.75, 3.05) is 0 Å². The highest BCUT2D eigenvalue weighted by atomic mass is 16.6. The van der Waals surface area contributed by atoms with Gasteiger partial charge in [-0.2, -0.15) is 0 Å². The highest BCUT2D eigenvalue weighted by Gasteiger charge is 2.60. The van der Waals surface area contributed by atoms with E-state index in [0.29, 0.717) is 11.1 Å². The van der Waals surface area contributed by atoms with E-state index in [9.17, 15) is 39.7 Å². The summed E-state index contributed by atoms with van der Waals surface area (Å²) in [6.45, 7) is 3.21. The first-order chi connectivity index (χ1) is 16.5. The summed E-state index contributed by atoms with van der Waals surface area (Å²) in [7, 11) is 0. The van der Waals surface area contributed by atoms with Gasteiger partial charge in [0.1, 0.15) is 5.70 Å². The van der Waals surface area contributed by atoms with Crippen molar-refractivity contribution in [2.24, 2.45) is 11.8 Å². The Morgan fingerprint density at radius 2 is 1.49 bits per heavy atom. The molecular formula is C23H19N3O9. The molecule has 0 aromatic heterocycles. The maximum atomic E-state index is 13.1. The minimum absolute atomic E-state index is 0.110. The monoisotopic (exact) mass is 481 g/mol. The third-order valence-electron chi connectivity index (χ3n) is 6.25. The summed E-state index contributed by atoms with van der Waals surface area (Å²) in [6, 6.07) is 9.25. The average Bonchev–Trinajstić information content (AvgIpc) is 3.07. The highest BCUT2D eigenvalue weighted by Crippen LogP contribution is 2.50. The third-order valence-corrected chi connectivity index (χ3v) is 6.25. The first kappa shape index (κ1) is 23.7. The van der Waals surface area contributed by atoms with Crippen molar-refractivity contribution in [2.45, 2.75) is 26.0 Å². The number of nitro benzene ring substituents is 2. The molecule has 2 aromatic rings. The number of aliphatic hydroxyl groups excluding tert-OH is 1. The zero-order valence-corrected chi connectivity index (χ0v) is 18.5. The Morgan fingerprint density at radius 1 is 0.971 bits per heavy atom. The van der Waals surface area contributed by atoms with Crippen LogP contribution in [0, 0.1) is 32.1 Å². The van der Waals surface area contributed by atoms with Gasteiger partial charge >= 0.3 is 11.9 Å². The minimum atomic E-state index is -1.12. The molecule has 0 unspecified atom stereocenters. The Morgan fingerprint density at radius 3 is 1.97 bits per heavy atom. The van der Waals surface area contributed by atoms with E-state index in [4.69, 9.17) is 4.74 Å². The molecular weight excluding hydrogens is 462 g/mol. The van der Waals surface area contributed by atoms with Crippen LogP contribution in [0.25, 0.3) is 5.57 Å². The van der Waals surface area contributed by atoms with E-state index in [2.05, 4.69) is 0 Å². The summed E-state index contributed by atoms with van der Waals surface area (Å²) < 4.78 is 5.01. The Labute approximate surface area is 197 Å². The van der Waals surface area contributed by atoms with E-state index in [1.54, 1.807) is 6.92 Å². The molecule has 180 valence electrons. The predicted octanol–water partition coefficient (Wildman–Crippen LogP) is 2.46. The molecule has 0 aliphatic carbocycles. The Hall–Kier alpha value is -4.45. The van der Waals surface area contributed by atoms with Gasteiger partial charge < -0.3 is 14.7 Å². The second kappa shape index (κ2) is 8.72. The fourth-order valence-electron chi connectivity index (χ4n) is 4.62. The number of amides is 1. The van der Waals surface area contributed by atoms with Crippen LogP contribution in [0.2, 0.25) is 0 Å². The summed E-state index contributed by atoms with van der Waals surface area (Å²) in [4.78, 5) is 60.3. The van der Waals surface area contributed by atoms with Gasteiger partial charge in [-0.1, -0.05) is 6.92 Å². The molecule has 0 bridgehead atoms. The molecule has 1 amide bonds. The summed E-state index contributed by atoms with van der Waals surface area (Å²) >= 11 is 0. The van der Waals surface area contributed by atoms with Crippen LogP contribution in [0.4, 0.5) is 11.4 Å². The van der Waals surface area contributed by atoms with Crippen molar-refractivity contribution in [3.63, 3.8) is 0 Å². The van der Waals surface area contributed by atoms with E-state index in [1.165, 1.54) is 36.1 Å². The molecule has 12 heteroatoms. The fourth-order valence-corrected chi connectivity index (χ4v) is 4.62. The van der Waals surface area contributed by atoms with Crippen molar-refractivity contribution in [3.8, 4) is 0 Å². The van der Waals surface area contributed by atoms with Crippen LogP contribution in [-0.2, 0) is 14.3 Å². The van der Waals surface area contributed by atoms with Gasteiger partial charge in [-0.3, -0.25) is 25.0 Å². The molecule has 0 spiro atoms. The lowest BCUT2D eigenvalue weighted by Gasteiger charge is -2.46. The van der Waals surface area contributed by atoms with Gasteiger partial charge in [-0.25, -0.2) is 9.59 Å². The zero-order chi connectivity index (χ0) is 25.6. The van der Waals surface area contributed by atoms with Gasteiger partial charge in [0.05, 0.1) is 33.5 Å². The molecule has 2 heterocycles. The number of rotatable bonds is 6. The van der Waals surface area contributed by atoms with Crippen molar-refractivity contribution in [1.82, 2.24) is 4.90 Å². The lowest BCUT2D eigenvalue weighted by Crippen LogP contribution is -2.63. The van der Waals surface area contributed by atoms with E-state index in [0.717, 1.165) is 24.3 Å². The summed E-state index contributed by atoms with van der Waals surface area (Å²) in [5.41, 5.74) is 0.0548. The Bertz CT molecular complexity index is 1280. The van der Waals surface area contributed by atoms with Crippen molar-refractivity contribution >= 4 is 34.8 Å². The van der Waals surface area contributed by atoms with E-state index < -0.39 is 51.7 Å². The Balaban J connectivity index is 1.70. The summed E-state index contributed by atoms with van der Waals surface area (Å²) in [5.74, 6) is -3.92. The standard InChI is InChI=1S/C23H19N3O9/c1-11-17(13-3-7-15(8-4-13)25(31)32)20(24-19(11)18(12(2)27)21(24)28)23(30)35-22(29)14-5-9-16(10-6-14)26(33)34/h3-12,18-19,27H,1-2H3/t11-,12+,18+,19+/m0/s1. The normalized spacial score (nSPS) is 21.7. The first-order valence-corrected chi connectivity index (χ1v) is 10.5. The number of carbonyl (C=O) groups is 3. The van der Waals surface area contributed by atoms with Crippen molar-refractivity contribution < 1.29 is 34.1 Å². The fraction of sp³-hybridized carbons (Fsp3) is 0.261. The van der Waals surface area contributed by atoms with Crippen LogP contribution in [0.3, 0.4) is 0 Å². The number of ether oxygens (including phenoxy) is 1. The lowest BCUT2D eigenvalue weighted by atomic mass is 9.77. The number of nitrogens with zero attached hydrogens (tertiary/aromatic N) is 3. The molecule has 2 aliphatic heterocycles. The number of esters is 2. The largest absolute Gasteiger partial charge is 0.393 e. The van der Waals surface area contributed by atoms with Gasteiger partial charge in [0.15, 0.2) is 0 Å². The van der Waals surface area contributed by atoms with E-state index >= 15 is 0 Å². The SMILES string of the molecule is C[C@@H](O)[C@H]1C(=O)N2C(C(=O)OC(=O)c3ccc([N+](=O)[O-])cc3)=C(c3ccc([N+](=O)[O-])cc3)[C@H](C)[C@H]12. The van der Waals surface area contributed by atoms with Crippen molar-refractivity contribution in [3.05, 3.63) is 85.6 Å². The maximum Gasteiger partial charge on any atom is 0.363 e. The molecule has 2 aromatic carbocycles. The number of hydrogen-bond acceptors (Lipinski definition) is 9. The second-order valence-electron chi connectivity index (χ2n) is 8.30.